The topological polar surface area (TPSA) is 26.3 Å². The number of hydrogen-bond acceptors (Lipinski definition) is 2. The molecule has 1 aliphatic carbocycles. The highest BCUT2D eigenvalue weighted by atomic mass is 16.5. The van der Waals surface area contributed by atoms with E-state index in [-0.39, 0.29) is 5.97 Å². The number of esters is 1. The molecule has 0 N–H and O–H groups in total. The van der Waals surface area contributed by atoms with Gasteiger partial charge in [0.05, 0.1) is 6.61 Å². The Labute approximate surface area is 117 Å². The predicted octanol–water partition coefficient (Wildman–Crippen LogP) is 4.66. The van der Waals surface area contributed by atoms with Crippen LogP contribution in [-0.2, 0) is 9.53 Å². The fourth-order valence-electron chi connectivity index (χ4n) is 2.69. The van der Waals surface area contributed by atoms with Crippen molar-refractivity contribution in [2.75, 3.05) is 6.61 Å². The minimum absolute atomic E-state index is 0.250. The van der Waals surface area contributed by atoms with E-state index in [4.69, 9.17) is 4.74 Å². The van der Waals surface area contributed by atoms with Crippen molar-refractivity contribution in [3.05, 3.63) is 23.8 Å². The van der Waals surface area contributed by atoms with Crippen LogP contribution in [0.3, 0.4) is 0 Å². The zero-order valence-electron chi connectivity index (χ0n) is 12.9. The van der Waals surface area contributed by atoms with E-state index in [0.717, 1.165) is 12.3 Å². The van der Waals surface area contributed by atoms with E-state index in [1.54, 1.807) is 0 Å². The summed E-state index contributed by atoms with van der Waals surface area (Å²) in [5, 5.41) is 0. The molecule has 0 aromatic rings. The van der Waals surface area contributed by atoms with Crippen LogP contribution in [0.2, 0.25) is 0 Å². The van der Waals surface area contributed by atoms with Gasteiger partial charge >= 0.3 is 5.97 Å². The zero-order chi connectivity index (χ0) is 14.3. The average Bonchev–Trinajstić information content (AvgIpc) is 2.54. The zero-order valence-corrected chi connectivity index (χ0v) is 12.9. The lowest BCUT2D eigenvalue weighted by molar-refractivity contribution is -0.137. The molecule has 0 spiro atoms. The van der Waals surface area contributed by atoms with Crippen molar-refractivity contribution in [3.63, 3.8) is 0 Å². The normalized spacial score (nSPS) is 23.6. The second-order valence-corrected chi connectivity index (χ2v) is 6.43. The number of allylic oxidation sites excluding steroid dienone is 3. The summed E-state index contributed by atoms with van der Waals surface area (Å²) in [6.45, 7) is 9.28. The van der Waals surface area contributed by atoms with E-state index in [1.807, 2.05) is 13.0 Å². The molecule has 0 heterocycles. The summed E-state index contributed by atoms with van der Waals surface area (Å²) >= 11 is 0. The molecule has 1 rings (SSSR count). The van der Waals surface area contributed by atoms with Crippen LogP contribution in [0.25, 0.3) is 0 Å². The molecule has 0 bridgehead atoms. The summed E-state index contributed by atoms with van der Waals surface area (Å²) in [4.78, 5) is 11.2. The van der Waals surface area contributed by atoms with Crippen molar-refractivity contribution in [2.45, 2.75) is 59.8 Å². The fourth-order valence-corrected chi connectivity index (χ4v) is 2.69. The third kappa shape index (κ3) is 6.09. The molecule has 0 aromatic heterocycles. The second kappa shape index (κ2) is 7.52. The van der Waals surface area contributed by atoms with Crippen LogP contribution < -0.4 is 0 Å². The van der Waals surface area contributed by atoms with Gasteiger partial charge in [0.25, 0.3) is 0 Å². The van der Waals surface area contributed by atoms with Gasteiger partial charge in [0.2, 0.25) is 0 Å². The van der Waals surface area contributed by atoms with Crippen LogP contribution in [0.15, 0.2) is 23.8 Å². The molecule has 108 valence electrons. The van der Waals surface area contributed by atoms with Gasteiger partial charge in [-0.3, -0.25) is 0 Å². The van der Waals surface area contributed by atoms with E-state index in [1.165, 1.54) is 37.3 Å². The first kappa shape index (κ1) is 16.0. The van der Waals surface area contributed by atoms with Gasteiger partial charge in [0.1, 0.15) is 0 Å². The van der Waals surface area contributed by atoms with Gasteiger partial charge in [-0.1, -0.05) is 38.5 Å². The van der Waals surface area contributed by atoms with E-state index in [0.29, 0.717) is 12.0 Å². The van der Waals surface area contributed by atoms with Crippen molar-refractivity contribution in [1.82, 2.24) is 0 Å². The highest BCUT2D eigenvalue weighted by Crippen LogP contribution is 2.38. The van der Waals surface area contributed by atoms with E-state index in [9.17, 15) is 4.79 Å². The van der Waals surface area contributed by atoms with Gasteiger partial charge in [-0.15, -0.1) is 0 Å². The quantitative estimate of drug-likeness (QED) is 0.421. The lowest BCUT2D eigenvalue weighted by Crippen LogP contribution is -2.19. The van der Waals surface area contributed by atoms with Crippen LogP contribution in [0.4, 0.5) is 0 Å². The molecular weight excluding hydrogens is 236 g/mol. The van der Waals surface area contributed by atoms with Gasteiger partial charge in [-0.05, 0) is 50.4 Å². The molecule has 1 atom stereocenters. The minimum Gasteiger partial charge on any atom is -0.463 e. The minimum atomic E-state index is -0.250. The van der Waals surface area contributed by atoms with Gasteiger partial charge in [-0.2, -0.15) is 0 Å². The van der Waals surface area contributed by atoms with Crippen LogP contribution in [-0.4, -0.2) is 12.6 Å². The monoisotopic (exact) mass is 264 g/mol. The molecule has 2 heteroatoms. The number of ether oxygens (including phenoxy) is 1. The van der Waals surface area contributed by atoms with Crippen LogP contribution in [0, 0.1) is 11.3 Å². The molecule has 1 fully saturated rings. The fraction of sp³-hybridized carbons (Fsp3) is 0.706. The van der Waals surface area contributed by atoms with Gasteiger partial charge in [-0.25, -0.2) is 4.79 Å². The third-order valence-corrected chi connectivity index (χ3v) is 3.94. The molecule has 1 unspecified atom stereocenters. The maximum atomic E-state index is 11.2. The molecule has 0 radical (unpaired) electrons. The Morgan fingerprint density at radius 1 is 1.32 bits per heavy atom. The Bertz CT molecular complexity index is 345. The summed E-state index contributed by atoms with van der Waals surface area (Å²) in [5.41, 5.74) is 1.88. The van der Waals surface area contributed by atoms with Crippen LogP contribution in [0.5, 0.6) is 0 Å². The van der Waals surface area contributed by atoms with E-state index < -0.39 is 0 Å². The Kier molecular flexibility index (Phi) is 6.33. The lowest BCUT2D eigenvalue weighted by Gasteiger charge is -2.29. The van der Waals surface area contributed by atoms with Crippen molar-refractivity contribution < 1.29 is 9.53 Å². The van der Waals surface area contributed by atoms with Crippen LogP contribution >= 0.6 is 0 Å². The summed E-state index contributed by atoms with van der Waals surface area (Å²) in [6, 6.07) is 0. The number of carbonyl (C=O) groups excluding carboxylic acids is 1. The van der Waals surface area contributed by atoms with Gasteiger partial charge in [0.15, 0.2) is 0 Å². The molecular formula is C17H28O2. The van der Waals surface area contributed by atoms with Crippen molar-refractivity contribution in [2.24, 2.45) is 11.3 Å². The van der Waals surface area contributed by atoms with Gasteiger partial charge in [0, 0.05) is 6.08 Å². The maximum absolute atomic E-state index is 11.2. The number of carbonyl (C=O) groups is 1. The summed E-state index contributed by atoms with van der Waals surface area (Å²) in [6.07, 6.45) is 11.6. The van der Waals surface area contributed by atoms with Crippen molar-refractivity contribution in [3.8, 4) is 0 Å². The average molecular weight is 264 g/mol. The molecule has 0 aromatic carbocycles. The largest absolute Gasteiger partial charge is 0.463 e. The van der Waals surface area contributed by atoms with E-state index in [2.05, 4.69) is 26.8 Å². The molecule has 19 heavy (non-hydrogen) atoms. The van der Waals surface area contributed by atoms with E-state index >= 15 is 0 Å². The second-order valence-electron chi connectivity index (χ2n) is 6.43. The summed E-state index contributed by atoms with van der Waals surface area (Å²) in [5.74, 6) is 0.563. The first-order valence-electron chi connectivity index (χ1n) is 7.46. The highest BCUT2D eigenvalue weighted by molar-refractivity contribution is 5.82. The van der Waals surface area contributed by atoms with Crippen molar-refractivity contribution in [1.29, 1.82) is 0 Å². The highest BCUT2D eigenvalue weighted by Gasteiger charge is 2.25. The molecule has 0 aliphatic heterocycles. The first-order valence-corrected chi connectivity index (χ1v) is 7.46. The molecule has 2 nitrogen and oxygen atoms in total. The Balaban J connectivity index is 2.51. The Hall–Kier alpha value is -1.05. The number of rotatable bonds is 3. The summed E-state index contributed by atoms with van der Waals surface area (Å²) < 4.78 is 4.86. The lowest BCUT2D eigenvalue weighted by atomic mass is 9.76. The third-order valence-electron chi connectivity index (χ3n) is 3.94. The molecule has 1 saturated carbocycles. The molecule has 1 aliphatic rings. The molecule has 0 amide bonds. The van der Waals surface area contributed by atoms with Crippen molar-refractivity contribution >= 4 is 5.97 Å². The first-order chi connectivity index (χ1) is 8.93. The smallest absolute Gasteiger partial charge is 0.330 e. The Morgan fingerprint density at radius 3 is 2.68 bits per heavy atom. The molecule has 0 saturated heterocycles. The van der Waals surface area contributed by atoms with Crippen LogP contribution in [0.1, 0.15) is 59.8 Å². The summed E-state index contributed by atoms with van der Waals surface area (Å²) in [7, 11) is 0. The standard InChI is InChI=1S/C17H28O2/c1-5-19-16(18)11-7-9-14-8-6-10-15(13-12-14)17(2,3)4/h7,9,11,15H,5-6,8,10,12-13H2,1-4H3. The SMILES string of the molecule is CCOC(=O)C=CC=C1CCCC(C(C)(C)C)CC1. The predicted molar refractivity (Wildman–Crippen MR) is 79.9 cm³/mol. The Morgan fingerprint density at radius 2 is 2.05 bits per heavy atom. The maximum Gasteiger partial charge on any atom is 0.330 e. The van der Waals surface area contributed by atoms with Gasteiger partial charge < -0.3 is 4.74 Å². The number of hydrogen-bond donors (Lipinski definition) is 0.